The van der Waals surface area contributed by atoms with Crippen molar-refractivity contribution in [2.24, 2.45) is 4.40 Å². The largest absolute Gasteiger partial charge is 0.497 e. The fourth-order valence-electron chi connectivity index (χ4n) is 0.935. The summed E-state index contributed by atoms with van der Waals surface area (Å²) in [7, 11) is 1.67. The zero-order valence-corrected chi connectivity index (χ0v) is 10.5. The number of hydrogen-bond acceptors (Lipinski definition) is 3. The van der Waals surface area contributed by atoms with Gasteiger partial charge >= 0.3 is 0 Å². The normalized spacial score (nSPS) is 12.0. The molecule has 0 aliphatic heterocycles. The number of nitrogens with zero attached hydrogens (tertiary/aromatic N) is 1. The quantitative estimate of drug-likeness (QED) is 0.577. The van der Waals surface area contributed by atoms with Crippen LogP contribution in [0.25, 0.3) is 0 Å². The molecule has 0 atom stereocenters. The van der Waals surface area contributed by atoms with E-state index in [0.717, 1.165) is 11.3 Å². The van der Waals surface area contributed by atoms with E-state index < -0.39 is 0 Å². The van der Waals surface area contributed by atoms with Crippen LogP contribution in [-0.4, -0.2) is 18.1 Å². The van der Waals surface area contributed by atoms with Gasteiger partial charge in [0.1, 0.15) is 5.75 Å². The first-order valence-corrected chi connectivity index (χ1v) is 5.64. The van der Waals surface area contributed by atoms with E-state index >= 15 is 0 Å². The van der Waals surface area contributed by atoms with Crippen molar-refractivity contribution < 1.29 is 4.74 Å². The Bertz CT molecular complexity index is 324. The molecule has 0 fully saturated rings. The van der Waals surface area contributed by atoms with Gasteiger partial charge in [-0.1, -0.05) is 0 Å². The van der Waals surface area contributed by atoms with E-state index in [9.17, 15) is 0 Å². The highest BCUT2D eigenvalue weighted by Gasteiger charge is 2.08. The van der Waals surface area contributed by atoms with E-state index in [4.69, 9.17) is 4.74 Å². The average molecular weight is 223 g/mol. The standard InChI is InChI=1S/C12H17NOS/c1-12(2,3)15-13-9-10-5-7-11(14-4)8-6-10/h5-9H,1-4H3. The molecular weight excluding hydrogens is 206 g/mol. The zero-order valence-electron chi connectivity index (χ0n) is 9.65. The van der Waals surface area contributed by atoms with Gasteiger partial charge in [-0.15, -0.1) is 0 Å². The van der Waals surface area contributed by atoms with Crippen LogP contribution < -0.4 is 4.74 Å². The Morgan fingerprint density at radius 2 is 1.80 bits per heavy atom. The molecule has 0 spiro atoms. The number of rotatable bonds is 3. The molecule has 82 valence electrons. The molecule has 0 amide bonds. The van der Waals surface area contributed by atoms with Gasteiger partial charge < -0.3 is 4.74 Å². The Morgan fingerprint density at radius 3 is 2.27 bits per heavy atom. The van der Waals surface area contributed by atoms with Crippen molar-refractivity contribution in [3.8, 4) is 5.75 Å². The third-order valence-corrected chi connectivity index (χ3v) is 2.40. The van der Waals surface area contributed by atoms with Gasteiger partial charge in [-0.05, 0) is 62.5 Å². The highest BCUT2D eigenvalue weighted by Crippen LogP contribution is 2.23. The molecule has 1 aromatic carbocycles. The first-order valence-electron chi connectivity index (χ1n) is 4.87. The predicted octanol–water partition coefficient (Wildman–Crippen LogP) is 3.56. The van der Waals surface area contributed by atoms with Gasteiger partial charge in [-0.2, -0.15) is 0 Å². The monoisotopic (exact) mass is 223 g/mol. The molecule has 1 aromatic rings. The van der Waals surface area contributed by atoms with Crippen molar-refractivity contribution in [2.45, 2.75) is 25.5 Å². The van der Waals surface area contributed by atoms with E-state index in [1.165, 1.54) is 0 Å². The first kappa shape index (κ1) is 12.1. The second-order valence-electron chi connectivity index (χ2n) is 4.21. The van der Waals surface area contributed by atoms with Crippen molar-refractivity contribution in [3.63, 3.8) is 0 Å². The predicted molar refractivity (Wildman–Crippen MR) is 67.9 cm³/mol. The SMILES string of the molecule is COc1ccc(C=NSC(C)(C)C)cc1. The van der Waals surface area contributed by atoms with Crippen LogP contribution in [0.2, 0.25) is 0 Å². The molecule has 15 heavy (non-hydrogen) atoms. The number of ether oxygens (including phenoxy) is 1. The van der Waals surface area contributed by atoms with Gasteiger partial charge in [0.15, 0.2) is 0 Å². The van der Waals surface area contributed by atoms with Crippen LogP contribution in [0, 0.1) is 0 Å². The molecule has 0 heterocycles. The second-order valence-corrected chi connectivity index (χ2v) is 5.83. The molecule has 0 saturated heterocycles. The fourth-order valence-corrected chi connectivity index (χ4v) is 1.43. The molecular formula is C12H17NOS. The molecule has 0 bridgehead atoms. The van der Waals surface area contributed by atoms with Crippen molar-refractivity contribution in [3.05, 3.63) is 29.8 Å². The number of benzene rings is 1. The van der Waals surface area contributed by atoms with Crippen LogP contribution in [0.15, 0.2) is 28.7 Å². The van der Waals surface area contributed by atoms with Crippen LogP contribution in [-0.2, 0) is 0 Å². The van der Waals surface area contributed by atoms with Gasteiger partial charge in [-0.3, -0.25) is 0 Å². The van der Waals surface area contributed by atoms with Crippen LogP contribution in [0.1, 0.15) is 26.3 Å². The molecule has 0 aromatic heterocycles. The van der Waals surface area contributed by atoms with Crippen molar-refractivity contribution in [2.75, 3.05) is 7.11 Å². The molecule has 0 saturated carbocycles. The molecule has 0 N–H and O–H groups in total. The third kappa shape index (κ3) is 4.88. The van der Waals surface area contributed by atoms with Gasteiger partial charge in [0, 0.05) is 11.0 Å². The molecule has 0 aliphatic carbocycles. The Labute approximate surface area is 95.9 Å². The summed E-state index contributed by atoms with van der Waals surface area (Å²) in [6, 6.07) is 7.85. The Kier molecular flexibility index (Phi) is 4.21. The van der Waals surface area contributed by atoms with Crippen LogP contribution >= 0.6 is 11.9 Å². The van der Waals surface area contributed by atoms with Crippen LogP contribution in [0.5, 0.6) is 5.75 Å². The maximum Gasteiger partial charge on any atom is 0.118 e. The summed E-state index contributed by atoms with van der Waals surface area (Å²) < 4.78 is 9.57. The lowest BCUT2D eigenvalue weighted by Gasteiger charge is -2.12. The summed E-state index contributed by atoms with van der Waals surface area (Å²) in [6.07, 6.45) is 1.87. The Morgan fingerprint density at radius 1 is 1.20 bits per heavy atom. The Balaban J connectivity index is 2.57. The van der Waals surface area contributed by atoms with Crippen molar-refractivity contribution >= 4 is 18.2 Å². The van der Waals surface area contributed by atoms with Gasteiger partial charge in [0.05, 0.1) is 7.11 Å². The number of hydrogen-bond donors (Lipinski definition) is 0. The lowest BCUT2D eigenvalue weighted by atomic mass is 10.2. The highest BCUT2D eigenvalue weighted by molar-refractivity contribution is 7.99. The maximum absolute atomic E-state index is 5.08. The van der Waals surface area contributed by atoms with E-state index in [1.807, 2.05) is 30.5 Å². The van der Waals surface area contributed by atoms with Crippen LogP contribution in [0.3, 0.4) is 0 Å². The third-order valence-electron chi connectivity index (χ3n) is 1.64. The summed E-state index contributed by atoms with van der Waals surface area (Å²) in [4.78, 5) is 0. The lowest BCUT2D eigenvalue weighted by Crippen LogP contribution is -2.04. The fraction of sp³-hybridized carbons (Fsp3) is 0.417. The number of methoxy groups -OCH3 is 1. The highest BCUT2D eigenvalue weighted by atomic mass is 32.2. The van der Waals surface area contributed by atoms with E-state index in [0.29, 0.717) is 0 Å². The second kappa shape index (κ2) is 5.21. The average Bonchev–Trinajstić information content (AvgIpc) is 2.17. The summed E-state index contributed by atoms with van der Waals surface area (Å²) >= 11 is 1.58. The first-order chi connectivity index (χ1) is 7.01. The zero-order chi connectivity index (χ0) is 11.3. The molecule has 3 heteroatoms. The minimum absolute atomic E-state index is 0.170. The molecule has 0 unspecified atom stereocenters. The minimum Gasteiger partial charge on any atom is -0.497 e. The van der Waals surface area contributed by atoms with Crippen LogP contribution in [0.4, 0.5) is 0 Å². The van der Waals surface area contributed by atoms with E-state index in [2.05, 4.69) is 25.2 Å². The molecule has 0 radical (unpaired) electrons. The summed E-state index contributed by atoms with van der Waals surface area (Å²) in [5.41, 5.74) is 1.09. The lowest BCUT2D eigenvalue weighted by molar-refractivity contribution is 0.415. The smallest absolute Gasteiger partial charge is 0.118 e. The van der Waals surface area contributed by atoms with E-state index in [1.54, 1.807) is 19.1 Å². The summed E-state index contributed by atoms with van der Waals surface area (Å²) in [6.45, 7) is 6.43. The van der Waals surface area contributed by atoms with Crippen molar-refractivity contribution in [1.82, 2.24) is 0 Å². The van der Waals surface area contributed by atoms with E-state index in [-0.39, 0.29) is 4.75 Å². The minimum atomic E-state index is 0.170. The topological polar surface area (TPSA) is 21.6 Å². The maximum atomic E-state index is 5.08. The van der Waals surface area contributed by atoms with Gasteiger partial charge in [-0.25, -0.2) is 4.40 Å². The van der Waals surface area contributed by atoms with Gasteiger partial charge in [0.25, 0.3) is 0 Å². The van der Waals surface area contributed by atoms with Crippen molar-refractivity contribution in [1.29, 1.82) is 0 Å². The van der Waals surface area contributed by atoms with Gasteiger partial charge in [0.2, 0.25) is 0 Å². The summed E-state index contributed by atoms with van der Waals surface area (Å²) in [5.74, 6) is 0.871. The summed E-state index contributed by atoms with van der Waals surface area (Å²) in [5, 5.41) is 0. The molecule has 2 nitrogen and oxygen atoms in total. The molecule has 0 aliphatic rings. The Hall–Kier alpha value is -0.960. The molecule has 1 rings (SSSR count).